The molecule has 3 fully saturated rings. The number of esters is 8. The summed E-state index contributed by atoms with van der Waals surface area (Å²) in [5.41, 5.74) is 0.0731. The minimum atomic E-state index is -2.17. The molecule has 0 bridgehead atoms. The van der Waals surface area contributed by atoms with Crippen LogP contribution < -0.4 is 0 Å². The van der Waals surface area contributed by atoms with Crippen molar-refractivity contribution in [1.29, 1.82) is 0 Å². The van der Waals surface area contributed by atoms with Crippen molar-refractivity contribution in [2.24, 2.45) is 0 Å². The van der Waals surface area contributed by atoms with E-state index in [2.05, 4.69) is 0 Å². The summed E-state index contributed by atoms with van der Waals surface area (Å²) in [4.78, 5) is 115. The van der Waals surface area contributed by atoms with E-state index in [0.717, 1.165) is 0 Å². The van der Waals surface area contributed by atoms with Crippen LogP contribution in [0.2, 0.25) is 0 Å². The number of aliphatic hydroxyl groups excluding tert-OH is 2. The van der Waals surface area contributed by atoms with Crippen molar-refractivity contribution < 1.29 is 115 Å². The summed E-state index contributed by atoms with van der Waals surface area (Å²) in [6.07, 6.45) is -28.4. The van der Waals surface area contributed by atoms with E-state index in [9.17, 15) is 48.6 Å². The summed E-state index contributed by atoms with van der Waals surface area (Å²) in [7, 11) is 1.20. The van der Waals surface area contributed by atoms with Gasteiger partial charge >= 0.3 is 47.8 Å². The predicted octanol–water partition coefficient (Wildman–Crippen LogP) is 8.00. The zero-order valence-corrected chi connectivity index (χ0v) is 52.8. The van der Waals surface area contributed by atoms with Crippen LogP contribution in [0.3, 0.4) is 0 Å². The van der Waals surface area contributed by atoms with Crippen LogP contribution in [0.1, 0.15) is 82.9 Å². The summed E-state index contributed by atoms with van der Waals surface area (Å²) in [6.45, 7) is -2.64. The fourth-order valence-electron chi connectivity index (χ4n) is 11.1. The Morgan fingerprint density at radius 3 is 0.869 bits per heavy atom. The maximum absolute atomic E-state index is 14.6. The molecule has 24 heteroatoms. The van der Waals surface area contributed by atoms with Gasteiger partial charge in [-0.3, -0.25) is 0 Å². The lowest BCUT2D eigenvalue weighted by molar-refractivity contribution is -0.362. The first-order valence-corrected chi connectivity index (χ1v) is 31.3. The number of ether oxygens (including phenoxy) is 14. The Bertz CT molecular complexity index is 3990. The van der Waals surface area contributed by atoms with Crippen LogP contribution in [0.4, 0.5) is 0 Å². The minimum Gasteiger partial charge on any atom is -0.459 e. The molecular weight excluding hydrogens is 1280 g/mol. The van der Waals surface area contributed by atoms with E-state index in [-0.39, 0.29) is 44.5 Å². The third kappa shape index (κ3) is 17.3. The molecule has 0 aliphatic carbocycles. The van der Waals surface area contributed by atoms with Gasteiger partial charge in [0.05, 0.1) is 57.7 Å². The Kier molecular flexibility index (Phi) is 23.5. The quantitative estimate of drug-likeness (QED) is 0.0427. The van der Waals surface area contributed by atoms with Crippen LogP contribution >= 0.6 is 0 Å². The molecule has 99 heavy (non-hydrogen) atoms. The van der Waals surface area contributed by atoms with E-state index in [4.69, 9.17) is 66.3 Å². The van der Waals surface area contributed by atoms with Gasteiger partial charge in [0.2, 0.25) is 0 Å². The van der Waals surface area contributed by atoms with Gasteiger partial charge < -0.3 is 76.5 Å². The van der Waals surface area contributed by atoms with Crippen molar-refractivity contribution >= 4 is 47.8 Å². The molecule has 3 aliphatic heterocycles. The number of hydrogen-bond donors (Lipinski definition) is 2. The van der Waals surface area contributed by atoms with Crippen molar-refractivity contribution in [3.63, 3.8) is 0 Å². The van der Waals surface area contributed by atoms with Crippen LogP contribution in [0.5, 0.6) is 0 Å². The number of hydrogen-bond acceptors (Lipinski definition) is 24. The molecule has 3 aliphatic rings. The maximum Gasteiger partial charge on any atom is 0.338 e. The molecule has 11 rings (SSSR count). The van der Waals surface area contributed by atoms with Crippen LogP contribution in [0, 0.1) is 0 Å². The topological polar surface area (TPSA) is 306 Å². The van der Waals surface area contributed by atoms with Crippen LogP contribution in [-0.4, -0.2) is 177 Å². The van der Waals surface area contributed by atoms with Crippen LogP contribution in [-0.2, 0) is 66.3 Å². The molecule has 8 aromatic rings. The highest BCUT2D eigenvalue weighted by molar-refractivity contribution is 5.93. The molecule has 8 aromatic carbocycles. The first-order chi connectivity index (χ1) is 48.2. The zero-order valence-electron chi connectivity index (χ0n) is 52.8. The van der Waals surface area contributed by atoms with Gasteiger partial charge in [-0.1, -0.05) is 146 Å². The van der Waals surface area contributed by atoms with E-state index in [0.29, 0.717) is 0 Å². The Morgan fingerprint density at radius 1 is 0.303 bits per heavy atom. The first-order valence-electron chi connectivity index (χ1n) is 31.3. The van der Waals surface area contributed by atoms with Crippen LogP contribution in [0.15, 0.2) is 243 Å². The van der Waals surface area contributed by atoms with Crippen molar-refractivity contribution in [3.8, 4) is 0 Å². The SMILES string of the molecule is CO[C@H]1O[C@H](CO[C@@H]2O[C@H](CO)[C@@H](O)[C@H](O[C@@H]3O[C@H](COC(=O)c4ccccc4)[C@@H](OC(=O)c4ccccc4)[C@H](OC(=O)c4ccccc4)[C@H]3OC(=O)c3ccccc3)[C@H]2OC(=O)c2ccccc2)[C@@H](OC(=O)c2ccccc2)[C@H](OC(=O)c2ccccc2)[C@H]1OC(=O)c1ccccc1. The van der Waals surface area contributed by atoms with Gasteiger partial charge in [0.1, 0.15) is 37.1 Å². The van der Waals surface area contributed by atoms with E-state index < -0.39 is 160 Å². The first kappa shape index (κ1) is 69.5. The third-order valence-electron chi connectivity index (χ3n) is 16.1. The highest BCUT2D eigenvalue weighted by atomic mass is 16.8. The molecule has 0 aromatic heterocycles. The van der Waals surface area contributed by atoms with Gasteiger partial charge in [0, 0.05) is 7.11 Å². The molecule has 2 N–H and O–H groups in total. The second-order valence-electron chi connectivity index (χ2n) is 22.6. The Hall–Kier alpha value is -10.8. The zero-order chi connectivity index (χ0) is 69.2. The van der Waals surface area contributed by atoms with Crippen molar-refractivity contribution in [2.75, 3.05) is 26.9 Å². The van der Waals surface area contributed by atoms with Gasteiger partial charge in [0.15, 0.2) is 61.6 Å². The second-order valence-corrected chi connectivity index (χ2v) is 22.6. The lowest BCUT2D eigenvalue weighted by Crippen LogP contribution is -2.67. The van der Waals surface area contributed by atoms with Crippen molar-refractivity contribution in [2.45, 2.75) is 92.1 Å². The average molecular weight is 1350 g/mol. The van der Waals surface area contributed by atoms with Gasteiger partial charge in [-0.25, -0.2) is 38.4 Å². The molecule has 510 valence electrons. The third-order valence-corrected chi connectivity index (χ3v) is 16.1. The summed E-state index contributed by atoms with van der Waals surface area (Å²) in [5, 5.41) is 23.7. The fourth-order valence-corrected chi connectivity index (χ4v) is 11.1. The molecule has 0 radical (unpaired) electrons. The Morgan fingerprint density at radius 2 is 0.556 bits per heavy atom. The molecule has 3 saturated heterocycles. The standard InChI is InChI=1S/C75H66O24/c1-86-73-63(97-71(84)51-38-22-8-23-39-51)60(94-68(81)48-32-16-5-17-33-48)58(93-67(80)47-30-14-4-15-31-47)55(90-73)44-88-74-62(96-70(83)50-36-20-7-21-37-50)59(56(77)53(42-76)89-74)99-75-64(98-72(85)52-40-24-9-25-41-52)61(95-69(82)49-34-18-6-19-35-49)57(92-66(79)46-28-12-3-13-29-46)54(91-75)43-87-65(78)45-26-10-2-11-27-45/h2-41,53-64,73-77H,42-44H2,1H3/t53-,54-,55-,56-,57-,58-,59+,60+,61+,62-,63-,64-,73+,74-,75+/m1/s1. The summed E-state index contributed by atoms with van der Waals surface area (Å²) in [5.74, 6) is -7.97. The molecule has 0 saturated carbocycles. The number of benzene rings is 8. The average Bonchev–Trinajstić information content (AvgIpc) is 0.772. The summed E-state index contributed by atoms with van der Waals surface area (Å²) >= 11 is 0. The largest absolute Gasteiger partial charge is 0.459 e. The summed E-state index contributed by atoms with van der Waals surface area (Å²) in [6, 6.07) is 61.2. The fraction of sp³-hybridized carbons (Fsp3) is 0.253. The maximum atomic E-state index is 14.6. The Balaban J connectivity index is 1.00. The highest BCUT2D eigenvalue weighted by Gasteiger charge is 2.59. The molecule has 24 nitrogen and oxygen atoms in total. The van der Waals surface area contributed by atoms with Gasteiger partial charge in [-0.2, -0.15) is 0 Å². The molecule has 15 atom stereocenters. The van der Waals surface area contributed by atoms with E-state index in [1.165, 1.54) is 128 Å². The summed E-state index contributed by atoms with van der Waals surface area (Å²) < 4.78 is 88.1. The van der Waals surface area contributed by atoms with Gasteiger partial charge in [0.25, 0.3) is 0 Å². The van der Waals surface area contributed by atoms with Crippen LogP contribution in [0.25, 0.3) is 0 Å². The van der Waals surface area contributed by atoms with Crippen molar-refractivity contribution in [1.82, 2.24) is 0 Å². The highest BCUT2D eigenvalue weighted by Crippen LogP contribution is 2.38. The Labute approximate surface area is 566 Å². The molecule has 0 spiro atoms. The van der Waals surface area contributed by atoms with E-state index in [1.807, 2.05) is 0 Å². The number of aliphatic hydroxyl groups is 2. The lowest BCUT2D eigenvalue weighted by atomic mass is 9.95. The van der Waals surface area contributed by atoms with Gasteiger partial charge in [-0.15, -0.1) is 0 Å². The smallest absolute Gasteiger partial charge is 0.338 e. The monoisotopic (exact) mass is 1350 g/mol. The number of rotatable bonds is 24. The predicted molar refractivity (Wildman–Crippen MR) is 343 cm³/mol. The number of methoxy groups -OCH3 is 1. The molecular formula is C75H66O24. The second kappa shape index (κ2) is 33.4. The van der Waals surface area contributed by atoms with E-state index in [1.54, 1.807) is 121 Å². The number of carbonyl (C=O) groups excluding carboxylic acids is 8. The van der Waals surface area contributed by atoms with Gasteiger partial charge in [-0.05, 0) is 97.1 Å². The lowest BCUT2D eigenvalue weighted by Gasteiger charge is -2.48. The normalized spacial score (nSPS) is 24.9. The van der Waals surface area contributed by atoms with E-state index >= 15 is 0 Å². The van der Waals surface area contributed by atoms with Crippen molar-refractivity contribution in [3.05, 3.63) is 287 Å². The molecule has 0 unspecified atom stereocenters. The minimum absolute atomic E-state index is 0.00318. The molecule has 3 heterocycles. The number of carbonyl (C=O) groups is 8. The molecule has 0 amide bonds.